The molecule has 5 heteroatoms. The van der Waals surface area contributed by atoms with Gasteiger partial charge >= 0.3 is 0 Å². The third kappa shape index (κ3) is 4.69. The van der Waals surface area contributed by atoms with Crippen LogP contribution in [0, 0.1) is 0 Å². The highest BCUT2D eigenvalue weighted by atomic mass is 16.1. The first-order valence-electron chi connectivity index (χ1n) is 6.54. The van der Waals surface area contributed by atoms with E-state index in [1.54, 1.807) is 6.20 Å². The molecular weight excluding hydrogens is 228 g/mol. The minimum absolute atomic E-state index is 0.161. The van der Waals surface area contributed by atoms with Crippen molar-refractivity contribution in [3.8, 4) is 0 Å². The molecule has 1 rings (SSSR count). The number of rotatable bonds is 7. The zero-order valence-corrected chi connectivity index (χ0v) is 11.4. The van der Waals surface area contributed by atoms with Gasteiger partial charge in [-0.1, -0.05) is 19.8 Å². The van der Waals surface area contributed by atoms with E-state index in [4.69, 9.17) is 0 Å². The summed E-state index contributed by atoms with van der Waals surface area (Å²) in [6.07, 6.45) is 6.34. The minimum atomic E-state index is -0.161. The molecule has 1 amide bonds. The quantitative estimate of drug-likeness (QED) is 0.778. The Morgan fingerprint density at radius 3 is 2.83 bits per heavy atom. The normalized spacial score (nSPS) is 11.9. The number of hydrogen-bond donors (Lipinski definition) is 2. The van der Waals surface area contributed by atoms with Gasteiger partial charge in [-0.2, -0.15) is 0 Å². The number of nitrogens with zero attached hydrogens (tertiary/aromatic N) is 2. The van der Waals surface area contributed by atoms with Gasteiger partial charge in [0.15, 0.2) is 0 Å². The number of hydrogen-bond acceptors (Lipinski definition) is 4. The topological polar surface area (TPSA) is 66.9 Å². The Morgan fingerprint density at radius 2 is 2.17 bits per heavy atom. The average molecular weight is 250 g/mol. The number of carbonyl (C=O) groups excluding carboxylic acids is 1. The summed E-state index contributed by atoms with van der Waals surface area (Å²) in [6, 6.07) is 0.169. The molecule has 100 valence electrons. The molecule has 1 unspecified atom stereocenters. The Hall–Kier alpha value is -1.65. The number of aromatic nitrogens is 2. The Labute approximate surface area is 108 Å². The van der Waals surface area contributed by atoms with Gasteiger partial charge in [-0.3, -0.25) is 9.78 Å². The van der Waals surface area contributed by atoms with E-state index in [2.05, 4.69) is 27.5 Å². The molecule has 1 aromatic heterocycles. The van der Waals surface area contributed by atoms with Gasteiger partial charge in [0.05, 0.1) is 12.4 Å². The second-order valence-electron chi connectivity index (χ2n) is 4.34. The number of unbranched alkanes of at least 4 members (excludes halogenated alkanes) is 1. The van der Waals surface area contributed by atoms with Gasteiger partial charge in [0, 0.05) is 12.6 Å². The molecule has 0 aromatic carbocycles. The van der Waals surface area contributed by atoms with E-state index < -0.39 is 0 Å². The Morgan fingerprint density at radius 1 is 1.39 bits per heavy atom. The predicted molar refractivity (Wildman–Crippen MR) is 72.6 cm³/mol. The molecule has 5 nitrogen and oxygen atoms in total. The lowest BCUT2D eigenvalue weighted by Gasteiger charge is -2.13. The highest BCUT2D eigenvalue weighted by molar-refractivity contribution is 5.92. The fraction of sp³-hybridized carbons (Fsp3) is 0.615. The molecular formula is C13H22N4O. The third-order valence-corrected chi connectivity index (χ3v) is 2.59. The Balaban J connectivity index is 2.57. The summed E-state index contributed by atoms with van der Waals surface area (Å²) in [6.45, 7) is 6.88. The van der Waals surface area contributed by atoms with Crippen molar-refractivity contribution in [3.63, 3.8) is 0 Å². The minimum Gasteiger partial charge on any atom is -0.369 e. The molecule has 1 heterocycles. The number of nitrogens with one attached hydrogen (secondary N) is 2. The van der Waals surface area contributed by atoms with E-state index in [1.165, 1.54) is 6.20 Å². The van der Waals surface area contributed by atoms with Crippen LogP contribution in [0.2, 0.25) is 0 Å². The van der Waals surface area contributed by atoms with Crippen molar-refractivity contribution in [2.24, 2.45) is 0 Å². The molecule has 1 atom stereocenters. The van der Waals surface area contributed by atoms with Crippen molar-refractivity contribution in [1.82, 2.24) is 15.3 Å². The molecule has 1 aromatic rings. The maximum Gasteiger partial charge on any atom is 0.271 e. The van der Waals surface area contributed by atoms with Crippen molar-refractivity contribution in [1.29, 1.82) is 0 Å². The molecule has 0 spiro atoms. The van der Waals surface area contributed by atoms with Gasteiger partial charge in [0.2, 0.25) is 0 Å². The summed E-state index contributed by atoms with van der Waals surface area (Å²) < 4.78 is 0. The summed E-state index contributed by atoms with van der Waals surface area (Å²) in [5, 5.41) is 5.97. The summed E-state index contributed by atoms with van der Waals surface area (Å²) in [4.78, 5) is 20.2. The Bertz CT molecular complexity index is 381. The summed E-state index contributed by atoms with van der Waals surface area (Å²) >= 11 is 0. The van der Waals surface area contributed by atoms with Crippen LogP contribution in [-0.2, 0) is 0 Å². The SMILES string of the molecule is CCCCC(C)NC(=O)c1cncc(NCC)n1. The molecule has 0 saturated carbocycles. The highest BCUT2D eigenvalue weighted by Crippen LogP contribution is 2.04. The fourth-order valence-electron chi connectivity index (χ4n) is 1.62. The van der Waals surface area contributed by atoms with Crippen molar-refractivity contribution in [3.05, 3.63) is 18.1 Å². The zero-order valence-electron chi connectivity index (χ0n) is 11.4. The van der Waals surface area contributed by atoms with E-state index in [-0.39, 0.29) is 11.9 Å². The molecule has 0 bridgehead atoms. The lowest BCUT2D eigenvalue weighted by molar-refractivity contribution is 0.0932. The maximum atomic E-state index is 11.9. The fourth-order valence-corrected chi connectivity index (χ4v) is 1.62. The molecule has 0 aliphatic rings. The van der Waals surface area contributed by atoms with Crippen molar-refractivity contribution in [2.45, 2.75) is 46.1 Å². The molecule has 0 aliphatic carbocycles. The van der Waals surface area contributed by atoms with E-state index in [0.29, 0.717) is 11.5 Å². The molecule has 0 aliphatic heterocycles. The monoisotopic (exact) mass is 250 g/mol. The van der Waals surface area contributed by atoms with E-state index >= 15 is 0 Å². The van der Waals surface area contributed by atoms with Crippen LogP contribution < -0.4 is 10.6 Å². The first kappa shape index (κ1) is 14.4. The average Bonchev–Trinajstić information content (AvgIpc) is 2.37. The van der Waals surface area contributed by atoms with Crippen LogP contribution in [0.3, 0.4) is 0 Å². The summed E-state index contributed by atoms with van der Waals surface area (Å²) in [5.41, 5.74) is 0.358. The lowest BCUT2D eigenvalue weighted by Crippen LogP contribution is -2.33. The summed E-state index contributed by atoms with van der Waals surface area (Å²) in [7, 11) is 0. The first-order valence-corrected chi connectivity index (χ1v) is 6.54. The van der Waals surface area contributed by atoms with Crippen LogP contribution in [0.25, 0.3) is 0 Å². The second kappa shape index (κ2) is 7.63. The van der Waals surface area contributed by atoms with Crippen LogP contribution in [-0.4, -0.2) is 28.5 Å². The zero-order chi connectivity index (χ0) is 13.4. The second-order valence-corrected chi connectivity index (χ2v) is 4.34. The summed E-state index contributed by atoms with van der Waals surface area (Å²) in [5.74, 6) is 0.470. The van der Waals surface area contributed by atoms with Gasteiger partial charge in [0.1, 0.15) is 11.5 Å². The van der Waals surface area contributed by atoms with Crippen molar-refractivity contribution >= 4 is 11.7 Å². The predicted octanol–water partition coefficient (Wildman–Crippen LogP) is 2.22. The largest absolute Gasteiger partial charge is 0.369 e. The van der Waals surface area contributed by atoms with Gasteiger partial charge in [-0.05, 0) is 20.3 Å². The van der Waals surface area contributed by atoms with Gasteiger partial charge in [0.25, 0.3) is 5.91 Å². The highest BCUT2D eigenvalue weighted by Gasteiger charge is 2.11. The first-order chi connectivity index (χ1) is 8.67. The van der Waals surface area contributed by atoms with Crippen LogP contribution in [0.15, 0.2) is 12.4 Å². The number of amides is 1. The van der Waals surface area contributed by atoms with Gasteiger partial charge in [-0.25, -0.2) is 4.98 Å². The van der Waals surface area contributed by atoms with Crippen LogP contribution >= 0.6 is 0 Å². The van der Waals surface area contributed by atoms with Crippen LogP contribution in [0.1, 0.15) is 50.5 Å². The van der Waals surface area contributed by atoms with E-state index in [1.807, 2.05) is 13.8 Å². The van der Waals surface area contributed by atoms with Crippen molar-refractivity contribution in [2.75, 3.05) is 11.9 Å². The van der Waals surface area contributed by atoms with E-state index in [9.17, 15) is 4.79 Å². The van der Waals surface area contributed by atoms with Crippen LogP contribution in [0.5, 0.6) is 0 Å². The molecule has 18 heavy (non-hydrogen) atoms. The number of anilines is 1. The maximum absolute atomic E-state index is 11.9. The lowest BCUT2D eigenvalue weighted by atomic mass is 10.1. The molecule has 0 saturated heterocycles. The third-order valence-electron chi connectivity index (χ3n) is 2.59. The van der Waals surface area contributed by atoms with Crippen LogP contribution in [0.4, 0.5) is 5.82 Å². The number of carbonyl (C=O) groups is 1. The van der Waals surface area contributed by atoms with Crippen molar-refractivity contribution < 1.29 is 4.79 Å². The smallest absolute Gasteiger partial charge is 0.271 e. The molecule has 0 fully saturated rings. The van der Waals surface area contributed by atoms with E-state index in [0.717, 1.165) is 25.8 Å². The van der Waals surface area contributed by atoms with Gasteiger partial charge < -0.3 is 10.6 Å². The molecule has 0 radical (unpaired) electrons. The van der Waals surface area contributed by atoms with Gasteiger partial charge in [-0.15, -0.1) is 0 Å². The Kier molecular flexibility index (Phi) is 6.11. The molecule has 2 N–H and O–H groups in total. The standard InChI is InChI=1S/C13H22N4O/c1-4-6-7-10(3)16-13(18)11-8-14-9-12(17-11)15-5-2/h8-10H,4-7H2,1-3H3,(H,15,17)(H,16,18).